The summed E-state index contributed by atoms with van der Waals surface area (Å²) in [5, 5.41) is 18.1. The molecule has 0 amide bonds. The first-order chi connectivity index (χ1) is 5.46. The van der Waals surface area contributed by atoms with Crippen LogP contribution in [-0.4, -0.2) is 11.4 Å². The Hall–Kier alpha value is -0.736. The number of halogens is 2. The summed E-state index contributed by atoms with van der Waals surface area (Å²) in [7, 11) is 0. The molecule has 67 valence electrons. The van der Waals surface area contributed by atoms with Crippen molar-refractivity contribution in [3.8, 4) is 0 Å². The van der Waals surface area contributed by atoms with Crippen LogP contribution in [0.25, 0.3) is 10.8 Å². The molecule has 0 saturated carbocycles. The van der Waals surface area contributed by atoms with Gasteiger partial charge in [-0.25, -0.2) is 8.78 Å². The second-order valence-electron chi connectivity index (χ2n) is 2.58. The van der Waals surface area contributed by atoms with Gasteiger partial charge in [0.1, 0.15) is 0 Å². The molecule has 0 fully saturated rings. The smallest absolute Gasteiger partial charge is 0.805 e. The third-order valence-electron chi connectivity index (χ3n) is 1.79. The third kappa shape index (κ3) is 1.79. The summed E-state index contributed by atoms with van der Waals surface area (Å²) in [6.45, 7) is 2.37. The molecule has 0 N–H and O–H groups in total. The Balaban J connectivity index is 0.00000144. The molecule has 0 aromatic rings. The predicted octanol–water partition coefficient (Wildman–Crippen LogP) is 2.51. The van der Waals surface area contributed by atoms with Crippen molar-refractivity contribution in [2.24, 2.45) is 0 Å². The third-order valence-corrected chi connectivity index (χ3v) is 1.79. The van der Waals surface area contributed by atoms with Gasteiger partial charge in [0.15, 0.2) is 11.7 Å². The maximum Gasteiger partial charge on any atom is 2.00 e. The summed E-state index contributed by atoms with van der Waals surface area (Å²) in [6.07, 6.45) is 0. The summed E-state index contributed by atoms with van der Waals surface area (Å²) in [6, 6.07) is 0. The average Bonchev–Trinajstić information content (AvgIpc) is 2.08. The molecular formula is C8H6F2N2V. The van der Waals surface area contributed by atoms with Crippen LogP contribution in [0.4, 0.5) is 8.78 Å². The minimum absolute atomic E-state index is 0. The van der Waals surface area contributed by atoms with E-state index in [0.717, 1.165) is 0 Å². The summed E-state index contributed by atoms with van der Waals surface area (Å²) in [4.78, 5) is 0. The average molecular weight is 219 g/mol. The van der Waals surface area contributed by atoms with Crippen molar-refractivity contribution in [2.75, 3.05) is 0 Å². The zero-order chi connectivity index (χ0) is 9.46. The Kier molecular flexibility index (Phi) is 3.76. The van der Waals surface area contributed by atoms with Gasteiger partial charge in [-0.1, -0.05) is 0 Å². The quantitative estimate of drug-likeness (QED) is 0.562. The molecule has 1 aliphatic carbocycles. The Morgan fingerprint density at radius 1 is 0.846 bits per heavy atom. The van der Waals surface area contributed by atoms with E-state index in [0.29, 0.717) is 0 Å². The minimum atomic E-state index is -1.12. The van der Waals surface area contributed by atoms with E-state index >= 15 is 0 Å². The molecule has 13 heavy (non-hydrogen) atoms. The van der Waals surface area contributed by atoms with Crippen LogP contribution in [0.2, 0.25) is 0 Å². The molecule has 2 nitrogen and oxygen atoms in total. The molecule has 1 aliphatic rings. The van der Waals surface area contributed by atoms with Crippen molar-refractivity contribution in [3.63, 3.8) is 0 Å². The topological polar surface area (TPSA) is 44.6 Å². The standard InChI is InChI=1S/C8H6F2N2.V/c1-3-5(9)6(10)4(2)8(12)7(3)11;/h1-2H3;/q-2;+2. The fourth-order valence-corrected chi connectivity index (χ4v) is 0.892. The van der Waals surface area contributed by atoms with E-state index in [1.807, 2.05) is 0 Å². The van der Waals surface area contributed by atoms with Crippen LogP contribution in [-0.2, 0) is 18.6 Å². The van der Waals surface area contributed by atoms with Crippen molar-refractivity contribution in [3.05, 3.63) is 33.6 Å². The van der Waals surface area contributed by atoms with E-state index in [4.69, 9.17) is 10.8 Å². The van der Waals surface area contributed by atoms with E-state index in [1.165, 1.54) is 13.8 Å². The van der Waals surface area contributed by atoms with Gasteiger partial charge in [-0.2, -0.15) is 11.4 Å². The Bertz CT molecular complexity index is 293. The van der Waals surface area contributed by atoms with Crippen LogP contribution >= 0.6 is 0 Å². The molecule has 0 saturated heterocycles. The van der Waals surface area contributed by atoms with Gasteiger partial charge in [-0.3, -0.25) is 0 Å². The van der Waals surface area contributed by atoms with Crippen LogP contribution in [0.5, 0.6) is 0 Å². The van der Waals surface area contributed by atoms with E-state index in [2.05, 4.69) is 0 Å². The Morgan fingerprint density at radius 3 is 1.31 bits per heavy atom. The van der Waals surface area contributed by atoms with Crippen LogP contribution < -0.4 is 0 Å². The number of allylic oxidation sites excluding steroid dienone is 4. The summed E-state index contributed by atoms with van der Waals surface area (Å²) >= 11 is 0. The monoisotopic (exact) mass is 219 g/mol. The van der Waals surface area contributed by atoms with Gasteiger partial charge >= 0.3 is 18.6 Å². The van der Waals surface area contributed by atoms with E-state index in [1.54, 1.807) is 0 Å². The second-order valence-corrected chi connectivity index (χ2v) is 2.58. The van der Waals surface area contributed by atoms with Crippen molar-refractivity contribution < 1.29 is 27.3 Å². The molecule has 5 heteroatoms. The molecule has 0 aromatic heterocycles. The van der Waals surface area contributed by atoms with Crippen LogP contribution in [0.3, 0.4) is 0 Å². The van der Waals surface area contributed by atoms with Crippen molar-refractivity contribution in [1.82, 2.24) is 0 Å². The molecule has 0 unspecified atom stereocenters. The van der Waals surface area contributed by atoms with Crippen LogP contribution in [0, 0.1) is 0 Å². The first kappa shape index (κ1) is 12.3. The molecule has 0 atom stereocenters. The van der Waals surface area contributed by atoms with Gasteiger partial charge in [-0.15, -0.1) is 0 Å². The summed E-state index contributed by atoms with van der Waals surface area (Å²) in [5.41, 5.74) is -1.77. The fourth-order valence-electron chi connectivity index (χ4n) is 0.892. The van der Waals surface area contributed by atoms with Crippen LogP contribution in [0.1, 0.15) is 13.8 Å². The molecule has 1 rings (SSSR count). The maximum atomic E-state index is 12.8. The van der Waals surface area contributed by atoms with E-state index in [9.17, 15) is 8.78 Å². The molecule has 0 bridgehead atoms. The van der Waals surface area contributed by atoms with Crippen LogP contribution in [0.15, 0.2) is 22.8 Å². The van der Waals surface area contributed by atoms with Gasteiger partial charge in [0, 0.05) is 0 Å². The number of rotatable bonds is 0. The molecule has 0 spiro atoms. The summed E-state index contributed by atoms with van der Waals surface area (Å²) < 4.78 is 25.6. The van der Waals surface area contributed by atoms with Crippen molar-refractivity contribution >= 4 is 11.4 Å². The molecule has 0 heterocycles. The first-order valence-electron chi connectivity index (χ1n) is 3.33. The molecule has 0 aliphatic heterocycles. The Labute approximate surface area is 86.6 Å². The number of hydrogen-bond donors (Lipinski definition) is 0. The summed E-state index contributed by atoms with van der Waals surface area (Å²) in [5.74, 6) is -2.24. The van der Waals surface area contributed by atoms with E-state index < -0.39 is 23.1 Å². The van der Waals surface area contributed by atoms with E-state index in [-0.39, 0.29) is 29.7 Å². The molecule has 1 radical (unpaired) electrons. The first-order valence-corrected chi connectivity index (χ1v) is 3.33. The van der Waals surface area contributed by atoms with Gasteiger partial charge in [0.05, 0.1) is 0 Å². The Morgan fingerprint density at radius 2 is 1.08 bits per heavy atom. The fraction of sp³-hybridized carbons (Fsp3) is 0.250. The zero-order valence-corrected chi connectivity index (χ0v) is 8.49. The molecule has 0 aromatic carbocycles. The van der Waals surface area contributed by atoms with Gasteiger partial charge in [0.2, 0.25) is 0 Å². The maximum absolute atomic E-state index is 12.8. The second kappa shape index (κ2) is 3.98. The number of nitrogens with zero attached hydrogens (tertiary/aromatic N) is 2. The molecular weight excluding hydrogens is 213 g/mol. The normalized spacial score (nSPS) is 17.8. The van der Waals surface area contributed by atoms with Gasteiger partial charge < -0.3 is 10.8 Å². The van der Waals surface area contributed by atoms with Crippen molar-refractivity contribution in [1.29, 1.82) is 0 Å². The van der Waals surface area contributed by atoms with Gasteiger partial charge in [0.25, 0.3) is 0 Å². The largest absolute Gasteiger partial charge is 2.00 e. The van der Waals surface area contributed by atoms with Gasteiger partial charge in [-0.05, 0) is 25.0 Å². The SMILES string of the molecule is CC1=C(F)C(F)=C(C)C(=[N-])C1=[N-].[V+2]. The zero-order valence-electron chi connectivity index (χ0n) is 7.10. The number of hydrogen-bond acceptors (Lipinski definition) is 0. The predicted molar refractivity (Wildman–Crippen MR) is 44.3 cm³/mol. The minimum Gasteiger partial charge on any atom is -0.805 e. The van der Waals surface area contributed by atoms with Crippen molar-refractivity contribution in [2.45, 2.75) is 13.8 Å².